The van der Waals surface area contributed by atoms with E-state index in [1.165, 1.54) is 31.3 Å². The maximum atomic E-state index is 12.5. The predicted octanol–water partition coefficient (Wildman–Crippen LogP) is 2.61. The third-order valence-electron chi connectivity index (χ3n) is 3.90. The Bertz CT molecular complexity index is 642. The van der Waals surface area contributed by atoms with E-state index >= 15 is 0 Å². The Morgan fingerprint density at radius 1 is 1.26 bits per heavy atom. The van der Waals surface area contributed by atoms with Gasteiger partial charge >= 0.3 is 0 Å². The third kappa shape index (κ3) is 4.93. The normalized spacial score (nSPS) is 15.0. The SMILES string of the molecule is CCCN(CC1CC1)C(=O)CN(C)S(=O)(=O)c1ccc(Cl)cc1. The fraction of sp³-hybridized carbons (Fsp3) is 0.562. The fourth-order valence-electron chi connectivity index (χ4n) is 2.36. The zero-order valence-electron chi connectivity index (χ0n) is 13.5. The quantitative estimate of drug-likeness (QED) is 0.717. The van der Waals surface area contributed by atoms with E-state index in [-0.39, 0.29) is 17.3 Å². The number of nitrogens with zero attached hydrogens (tertiary/aromatic N) is 2. The number of benzene rings is 1. The van der Waals surface area contributed by atoms with Crippen molar-refractivity contribution in [3.8, 4) is 0 Å². The van der Waals surface area contributed by atoms with Crippen LogP contribution in [-0.2, 0) is 14.8 Å². The van der Waals surface area contributed by atoms with Crippen molar-refractivity contribution >= 4 is 27.5 Å². The monoisotopic (exact) mass is 358 g/mol. The lowest BCUT2D eigenvalue weighted by atomic mass is 10.3. The van der Waals surface area contributed by atoms with Crippen LogP contribution in [0.2, 0.25) is 5.02 Å². The molecule has 0 aromatic heterocycles. The van der Waals surface area contributed by atoms with Gasteiger partial charge in [-0.1, -0.05) is 18.5 Å². The number of carbonyl (C=O) groups is 1. The summed E-state index contributed by atoms with van der Waals surface area (Å²) in [7, 11) is -2.25. The van der Waals surface area contributed by atoms with Gasteiger partial charge in [-0.2, -0.15) is 4.31 Å². The van der Waals surface area contributed by atoms with Crippen molar-refractivity contribution in [1.29, 1.82) is 0 Å². The van der Waals surface area contributed by atoms with Gasteiger partial charge in [0.1, 0.15) is 0 Å². The first kappa shape index (κ1) is 18.2. The highest BCUT2D eigenvalue weighted by Gasteiger charge is 2.29. The number of halogens is 1. The van der Waals surface area contributed by atoms with Gasteiger partial charge in [-0.25, -0.2) is 8.42 Å². The summed E-state index contributed by atoms with van der Waals surface area (Å²) in [4.78, 5) is 14.4. The topological polar surface area (TPSA) is 57.7 Å². The molecule has 7 heteroatoms. The van der Waals surface area contributed by atoms with Gasteiger partial charge in [-0.15, -0.1) is 0 Å². The van der Waals surface area contributed by atoms with Crippen LogP contribution in [0.4, 0.5) is 0 Å². The Morgan fingerprint density at radius 3 is 2.39 bits per heavy atom. The summed E-state index contributed by atoms with van der Waals surface area (Å²) in [6, 6.07) is 5.96. The summed E-state index contributed by atoms with van der Waals surface area (Å²) in [6.07, 6.45) is 3.19. The highest BCUT2D eigenvalue weighted by atomic mass is 35.5. The van der Waals surface area contributed by atoms with E-state index < -0.39 is 10.0 Å². The molecular weight excluding hydrogens is 336 g/mol. The molecule has 1 aliphatic rings. The second-order valence-corrected chi connectivity index (χ2v) is 8.48. The minimum absolute atomic E-state index is 0.140. The average molecular weight is 359 g/mol. The lowest BCUT2D eigenvalue weighted by Crippen LogP contribution is -2.42. The Kier molecular flexibility index (Phi) is 6.06. The molecule has 5 nitrogen and oxygen atoms in total. The number of hydrogen-bond donors (Lipinski definition) is 0. The molecule has 1 saturated carbocycles. The van der Waals surface area contributed by atoms with E-state index in [0.29, 0.717) is 17.5 Å². The molecule has 23 heavy (non-hydrogen) atoms. The zero-order chi connectivity index (χ0) is 17.0. The zero-order valence-corrected chi connectivity index (χ0v) is 15.1. The van der Waals surface area contributed by atoms with E-state index in [0.717, 1.165) is 30.1 Å². The highest BCUT2D eigenvalue weighted by molar-refractivity contribution is 7.89. The van der Waals surface area contributed by atoms with Gasteiger partial charge in [0.25, 0.3) is 0 Å². The molecule has 1 aromatic rings. The van der Waals surface area contributed by atoms with Crippen LogP contribution >= 0.6 is 11.6 Å². The summed E-state index contributed by atoms with van der Waals surface area (Å²) in [5.41, 5.74) is 0. The maximum Gasteiger partial charge on any atom is 0.243 e. The van der Waals surface area contributed by atoms with Gasteiger partial charge < -0.3 is 4.90 Å². The molecule has 128 valence electrons. The van der Waals surface area contributed by atoms with Crippen molar-refractivity contribution in [2.24, 2.45) is 5.92 Å². The van der Waals surface area contributed by atoms with Crippen molar-refractivity contribution in [2.45, 2.75) is 31.1 Å². The van der Waals surface area contributed by atoms with Crippen LogP contribution < -0.4 is 0 Å². The third-order valence-corrected chi connectivity index (χ3v) is 5.97. The van der Waals surface area contributed by atoms with Crippen LogP contribution in [0.3, 0.4) is 0 Å². The predicted molar refractivity (Wildman–Crippen MR) is 90.9 cm³/mol. The van der Waals surface area contributed by atoms with Crippen molar-refractivity contribution in [2.75, 3.05) is 26.7 Å². The number of hydrogen-bond acceptors (Lipinski definition) is 3. The van der Waals surface area contributed by atoms with Gasteiger partial charge in [-0.3, -0.25) is 4.79 Å². The molecule has 1 aromatic carbocycles. The Morgan fingerprint density at radius 2 is 1.87 bits per heavy atom. The van der Waals surface area contributed by atoms with Gasteiger partial charge in [0.15, 0.2) is 0 Å². The van der Waals surface area contributed by atoms with Crippen LogP contribution in [0, 0.1) is 5.92 Å². The van der Waals surface area contributed by atoms with Crippen LogP contribution in [-0.4, -0.2) is 50.2 Å². The van der Waals surface area contributed by atoms with Gasteiger partial charge in [-0.05, 0) is 49.4 Å². The summed E-state index contributed by atoms with van der Waals surface area (Å²) < 4.78 is 26.1. The van der Waals surface area contributed by atoms with E-state index in [2.05, 4.69) is 0 Å². The first-order valence-electron chi connectivity index (χ1n) is 7.84. The molecule has 0 N–H and O–H groups in total. The Hall–Kier alpha value is -1.11. The minimum atomic E-state index is -3.68. The summed E-state index contributed by atoms with van der Waals surface area (Å²) >= 11 is 5.79. The van der Waals surface area contributed by atoms with Crippen molar-refractivity contribution in [1.82, 2.24) is 9.21 Å². The van der Waals surface area contributed by atoms with Crippen molar-refractivity contribution in [3.63, 3.8) is 0 Å². The van der Waals surface area contributed by atoms with Crippen LogP contribution in [0.5, 0.6) is 0 Å². The van der Waals surface area contributed by atoms with Gasteiger partial charge in [0, 0.05) is 25.2 Å². The summed E-state index contributed by atoms with van der Waals surface area (Å²) in [5, 5.41) is 0.473. The van der Waals surface area contributed by atoms with E-state index in [9.17, 15) is 13.2 Å². The molecule has 1 fully saturated rings. The molecule has 0 saturated heterocycles. The molecule has 2 rings (SSSR count). The van der Waals surface area contributed by atoms with Gasteiger partial charge in [0.2, 0.25) is 15.9 Å². The first-order chi connectivity index (χ1) is 10.8. The molecule has 0 unspecified atom stereocenters. The van der Waals surface area contributed by atoms with Crippen LogP contribution in [0.1, 0.15) is 26.2 Å². The number of rotatable bonds is 8. The molecule has 0 bridgehead atoms. The molecular formula is C16H23ClN2O3S. The lowest BCUT2D eigenvalue weighted by Gasteiger charge is -2.25. The van der Waals surface area contributed by atoms with E-state index in [4.69, 9.17) is 11.6 Å². The molecule has 0 spiro atoms. The minimum Gasteiger partial charge on any atom is -0.341 e. The van der Waals surface area contributed by atoms with Crippen LogP contribution in [0.25, 0.3) is 0 Å². The number of likely N-dealkylation sites (N-methyl/N-ethyl adjacent to an activating group) is 1. The molecule has 0 heterocycles. The molecule has 0 radical (unpaired) electrons. The molecule has 1 amide bonds. The average Bonchev–Trinajstić information content (AvgIpc) is 3.31. The largest absolute Gasteiger partial charge is 0.341 e. The van der Waals surface area contributed by atoms with Crippen LogP contribution in [0.15, 0.2) is 29.2 Å². The molecule has 0 atom stereocenters. The standard InChI is InChI=1S/C16H23ClN2O3S/c1-3-10-19(11-13-4-5-13)16(20)12-18(2)23(21,22)15-8-6-14(17)7-9-15/h6-9,13H,3-5,10-12H2,1-2H3. The number of amides is 1. The Balaban J connectivity index is 2.04. The first-order valence-corrected chi connectivity index (χ1v) is 9.66. The summed E-state index contributed by atoms with van der Waals surface area (Å²) in [5.74, 6) is 0.447. The number of carbonyl (C=O) groups excluding carboxylic acids is 1. The molecule has 0 aliphatic heterocycles. The molecule has 1 aliphatic carbocycles. The second kappa shape index (κ2) is 7.64. The summed E-state index contributed by atoms with van der Waals surface area (Å²) in [6.45, 7) is 3.28. The number of sulfonamides is 1. The highest BCUT2D eigenvalue weighted by Crippen LogP contribution is 2.29. The van der Waals surface area contributed by atoms with E-state index in [1.807, 2.05) is 6.92 Å². The van der Waals surface area contributed by atoms with Crippen molar-refractivity contribution < 1.29 is 13.2 Å². The maximum absolute atomic E-state index is 12.5. The fourth-order valence-corrected chi connectivity index (χ4v) is 3.61. The van der Waals surface area contributed by atoms with Crippen molar-refractivity contribution in [3.05, 3.63) is 29.3 Å². The Labute approximate surface area is 143 Å². The van der Waals surface area contributed by atoms with Gasteiger partial charge in [0.05, 0.1) is 11.4 Å². The smallest absolute Gasteiger partial charge is 0.243 e. The second-order valence-electron chi connectivity index (χ2n) is 6.00. The lowest BCUT2D eigenvalue weighted by molar-refractivity contribution is -0.131. The van der Waals surface area contributed by atoms with E-state index in [1.54, 1.807) is 4.90 Å².